The van der Waals surface area contributed by atoms with Crippen LogP contribution in [-0.2, 0) is 19.6 Å². The summed E-state index contributed by atoms with van der Waals surface area (Å²) in [6.45, 7) is 3.05. The zero-order chi connectivity index (χ0) is 22.8. The third-order valence-corrected chi connectivity index (χ3v) is 6.84. The Bertz CT molecular complexity index is 1100. The first-order valence-corrected chi connectivity index (χ1v) is 11.1. The summed E-state index contributed by atoms with van der Waals surface area (Å²) >= 11 is 0. The van der Waals surface area contributed by atoms with Gasteiger partial charge in [-0.2, -0.15) is 4.31 Å². The highest BCUT2D eigenvalue weighted by Crippen LogP contribution is 2.35. The van der Waals surface area contributed by atoms with Crippen LogP contribution in [0.4, 0.5) is 11.4 Å². The molecule has 0 saturated heterocycles. The van der Waals surface area contributed by atoms with Crippen LogP contribution in [0.1, 0.15) is 18.9 Å². The number of amides is 2. The standard InChI is InChI=1S/C21H25N3O6S/c1-5-17-21(26)23-16-10-13(2)19(11-18(16)30-17)31(27,28)24(3)12-20(25)22-14-6-8-15(29-4)9-7-14/h6-11,17H,5,12H2,1-4H3,(H,22,25)(H,23,26)/t17-/m0/s1. The van der Waals surface area contributed by atoms with E-state index in [0.717, 1.165) is 4.31 Å². The summed E-state index contributed by atoms with van der Waals surface area (Å²) in [5.74, 6) is 0.176. The van der Waals surface area contributed by atoms with Crippen molar-refractivity contribution in [2.24, 2.45) is 0 Å². The number of rotatable bonds is 7. The number of nitrogens with one attached hydrogen (secondary N) is 2. The maximum Gasteiger partial charge on any atom is 0.265 e. The Hall–Kier alpha value is -3.11. The van der Waals surface area contributed by atoms with Crippen molar-refractivity contribution in [3.63, 3.8) is 0 Å². The number of fused-ring (bicyclic) bond motifs is 1. The van der Waals surface area contributed by atoms with Gasteiger partial charge < -0.3 is 20.1 Å². The van der Waals surface area contributed by atoms with E-state index in [2.05, 4.69) is 10.6 Å². The average Bonchev–Trinajstić information content (AvgIpc) is 2.73. The largest absolute Gasteiger partial charge is 0.497 e. The molecule has 0 radical (unpaired) electrons. The normalized spacial score (nSPS) is 15.6. The molecule has 0 fully saturated rings. The fourth-order valence-electron chi connectivity index (χ4n) is 3.16. The first-order valence-electron chi connectivity index (χ1n) is 9.68. The minimum Gasteiger partial charge on any atom is -0.497 e. The van der Waals surface area contributed by atoms with E-state index in [1.54, 1.807) is 44.2 Å². The number of carbonyl (C=O) groups is 2. The highest BCUT2D eigenvalue weighted by molar-refractivity contribution is 7.89. The predicted molar refractivity (Wildman–Crippen MR) is 116 cm³/mol. The molecular formula is C21H25N3O6S. The Morgan fingerprint density at radius 3 is 2.55 bits per heavy atom. The van der Waals surface area contributed by atoms with Crippen molar-refractivity contribution in [3.05, 3.63) is 42.0 Å². The van der Waals surface area contributed by atoms with Crippen LogP contribution in [0.3, 0.4) is 0 Å². The fraction of sp³-hybridized carbons (Fsp3) is 0.333. The molecule has 1 aliphatic rings. The van der Waals surface area contributed by atoms with Crippen molar-refractivity contribution in [1.82, 2.24) is 4.31 Å². The van der Waals surface area contributed by atoms with Crippen LogP contribution >= 0.6 is 0 Å². The molecule has 1 heterocycles. The van der Waals surface area contributed by atoms with E-state index in [9.17, 15) is 18.0 Å². The molecule has 2 aromatic rings. The Kier molecular flexibility index (Phi) is 6.51. The molecule has 166 valence electrons. The molecule has 0 saturated carbocycles. The number of hydrogen-bond donors (Lipinski definition) is 2. The number of hydrogen-bond acceptors (Lipinski definition) is 6. The summed E-state index contributed by atoms with van der Waals surface area (Å²) in [4.78, 5) is 24.4. The van der Waals surface area contributed by atoms with E-state index in [1.165, 1.54) is 20.2 Å². The summed E-state index contributed by atoms with van der Waals surface area (Å²) < 4.78 is 37.9. The van der Waals surface area contributed by atoms with Crippen LogP contribution < -0.4 is 20.1 Å². The molecule has 2 amide bonds. The summed E-state index contributed by atoms with van der Waals surface area (Å²) in [6.07, 6.45) is -0.231. The molecule has 2 N–H and O–H groups in total. The van der Waals surface area contributed by atoms with Gasteiger partial charge in [0.05, 0.1) is 24.2 Å². The van der Waals surface area contributed by atoms with E-state index in [0.29, 0.717) is 29.1 Å². The first-order chi connectivity index (χ1) is 14.6. The van der Waals surface area contributed by atoms with E-state index in [4.69, 9.17) is 9.47 Å². The van der Waals surface area contributed by atoms with Gasteiger partial charge in [0.2, 0.25) is 15.9 Å². The highest BCUT2D eigenvalue weighted by Gasteiger charge is 2.31. The maximum absolute atomic E-state index is 13.1. The number of anilines is 2. The molecule has 2 aromatic carbocycles. The number of benzene rings is 2. The Morgan fingerprint density at radius 1 is 1.26 bits per heavy atom. The molecule has 31 heavy (non-hydrogen) atoms. The van der Waals surface area contributed by atoms with Crippen molar-refractivity contribution in [1.29, 1.82) is 0 Å². The van der Waals surface area contributed by atoms with Gasteiger partial charge in [-0.15, -0.1) is 0 Å². The number of nitrogens with zero attached hydrogens (tertiary/aromatic N) is 1. The monoisotopic (exact) mass is 447 g/mol. The van der Waals surface area contributed by atoms with Crippen LogP contribution in [0.5, 0.6) is 11.5 Å². The first kappa shape index (κ1) is 22.6. The van der Waals surface area contributed by atoms with E-state index in [1.807, 2.05) is 0 Å². The fourth-order valence-corrected chi connectivity index (χ4v) is 4.51. The van der Waals surface area contributed by atoms with Gasteiger partial charge in [-0.1, -0.05) is 6.92 Å². The van der Waals surface area contributed by atoms with E-state index >= 15 is 0 Å². The van der Waals surface area contributed by atoms with E-state index in [-0.39, 0.29) is 23.1 Å². The average molecular weight is 448 g/mol. The van der Waals surface area contributed by atoms with Crippen LogP contribution in [0.25, 0.3) is 0 Å². The minimum absolute atomic E-state index is 0.0111. The number of likely N-dealkylation sites (N-methyl/N-ethyl adjacent to an activating group) is 1. The van der Waals surface area contributed by atoms with Gasteiger partial charge in [0, 0.05) is 18.8 Å². The van der Waals surface area contributed by atoms with Gasteiger partial charge in [0.15, 0.2) is 6.10 Å². The van der Waals surface area contributed by atoms with Gasteiger partial charge in [0.25, 0.3) is 5.91 Å². The third kappa shape index (κ3) is 4.80. The molecular weight excluding hydrogens is 422 g/mol. The Labute approximate surface area is 181 Å². The lowest BCUT2D eigenvalue weighted by Gasteiger charge is -2.27. The second kappa shape index (κ2) is 8.94. The number of aryl methyl sites for hydroxylation is 1. The van der Waals surface area contributed by atoms with Gasteiger partial charge >= 0.3 is 0 Å². The van der Waals surface area contributed by atoms with Gasteiger partial charge in [-0.25, -0.2) is 8.42 Å². The van der Waals surface area contributed by atoms with Crippen molar-refractivity contribution in [2.45, 2.75) is 31.3 Å². The van der Waals surface area contributed by atoms with Gasteiger partial charge in [0.1, 0.15) is 11.5 Å². The molecule has 1 aliphatic heterocycles. The predicted octanol–water partition coefficient (Wildman–Crippen LogP) is 2.37. The Balaban J connectivity index is 1.77. The molecule has 0 spiro atoms. The smallest absolute Gasteiger partial charge is 0.265 e. The summed E-state index contributed by atoms with van der Waals surface area (Å²) in [5, 5.41) is 5.39. The zero-order valence-corrected chi connectivity index (χ0v) is 18.6. The number of ether oxygens (including phenoxy) is 2. The minimum atomic E-state index is -3.98. The summed E-state index contributed by atoms with van der Waals surface area (Å²) in [5.41, 5.74) is 1.38. The van der Waals surface area contributed by atoms with Gasteiger partial charge in [-0.3, -0.25) is 9.59 Å². The molecule has 0 bridgehead atoms. The second-order valence-corrected chi connectivity index (χ2v) is 9.17. The van der Waals surface area contributed by atoms with Crippen LogP contribution in [-0.4, -0.2) is 51.3 Å². The molecule has 0 aliphatic carbocycles. The number of sulfonamides is 1. The molecule has 10 heteroatoms. The lowest BCUT2D eigenvalue weighted by Crippen LogP contribution is -2.37. The quantitative estimate of drug-likeness (QED) is 0.674. The molecule has 9 nitrogen and oxygen atoms in total. The SMILES string of the molecule is CC[C@@H]1Oc2cc(S(=O)(=O)N(C)CC(=O)Nc3ccc(OC)cc3)c(C)cc2NC1=O. The lowest BCUT2D eigenvalue weighted by molar-refractivity contribution is -0.123. The second-order valence-electron chi connectivity index (χ2n) is 7.16. The molecule has 3 rings (SSSR count). The van der Waals surface area contributed by atoms with Crippen molar-refractivity contribution in [3.8, 4) is 11.5 Å². The van der Waals surface area contributed by atoms with Crippen molar-refractivity contribution < 1.29 is 27.5 Å². The Morgan fingerprint density at radius 2 is 1.94 bits per heavy atom. The van der Waals surface area contributed by atoms with Crippen molar-refractivity contribution >= 4 is 33.2 Å². The van der Waals surface area contributed by atoms with Crippen LogP contribution in [0.2, 0.25) is 0 Å². The number of carbonyl (C=O) groups excluding carboxylic acids is 2. The van der Waals surface area contributed by atoms with Crippen LogP contribution in [0.15, 0.2) is 41.3 Å². The molecule has 0 unspecified atom stereocenters. The zero-order valence-electron chi connectivity index (χ0n) is 17.8. The summed E-state index contributed by atoms with van der Waals surface area (Å²) in [7, 11) is -1.11. The molecule has 1 atom stereocenters. The van der Waals surface area contributed by atoms with Crippen LogP contribution in [0, 0.1) is 6.92 Å². The maximum atomic E-state index is 13.1. The van der Waals surface area contributed by atoms with Crippen molar-refractivity contribution in [2.75, 3.05) is 31.3 Å². The third-order valence-electron chi connectivity index (χ3n) is 4.90. The highest BCUT2D eigenvalue weighted by atomic mass is 32.2. The lowest BCUT2D eigenvalue weighted by atomic mass is 10.1. The molecule has 0 aromatic heterocycles. The number of methoxy groups -OCH3 is 1. The topological polar surface area (TPSA) is 114 Å². The van der Waals surface area contributed by atoms with E-state index < -0.39 is 22.0 Å². The van der Waals surface area contributed by atoms with Gasteiger partial charge in [-0.05, 0) is 49.2 Å². The summed E-state index contributed by atoms with van der Waals surface area (Å²) in [6, 6.07) is 9.64.